The van der Waals surface area contributed by atoms with E-state index in [1.54, 1.807) is 7.11 Å². The average molecular weight is 235 g/mol. The van der Waals surface area contributed by atoms with E-state index in [0.29, 0.717) is 0 Å². The van der Waals surface area contributed by atoms with Gasteiger partial charge >= 0.3 is 0 Å². The molecule has 0 aromatic heterocycles. The first-order chi connectivity index (χ1) is 8.10. The van der Waals surface area contributed by atoms with Gasteiger partial charge in [0.1, 0.15) is 5.75 Å². The molecule has 1 aromatic rings. The van der Waals surface area contributed by atoms with Crippen molar-refractivity contribution in [3.05, 3.63) is 29.3 Å². The Morgan fingerprint density at radius 2 is 1.88 bits per heavy atom. The lowest BCUT2D eigenvalue weighted by Crippen LogP contribution is -2.31. The fourth-order valence-electron chi connectivity index (χ4n) is 2.31. The van der Waals surface area contributed by atoms with Crippen molar-refractivity contribution in [2.45, 2.75) is 40.0 Å². The molecule has 0 aliphatic rings. The molecule has 0 aliphatic carbocycles. The van der Waals surface area contributed by atoms with Crippen LogP contribution in [0.4, 0.5) is 0 Å². The van der Waals surface area contributed by atoms with E-state index in [1.165, 1.54) is 11.1 Å². The van der Waals surface area contributed by atoms with Gasteiger partial charge in [-0.1, -0.05) is 31.5 Å². The van der Waals surface area contributed by atoms with Crippen molar-refractivity contribution in [2.75, 3.05) is 13.7 Å². The molecule has 0 aliphatic heterocycles. The van der Waals surface area contributed by atoms with Gasteiger partial charge in [-0.05, 0) is 49.8 Å². The Morgan fingerprint density at radius 1 is 1.24 bits per heavy atom. The van der Waals surface area contributed by atoms with E-state index < -0.39 is 0 Å². The molecule has 0 fully saturated rings. The number of rotatable bonds is 6. The fourth-order valence-corrected chi connectivity index (χ4v) is 2.31. The monoisotopic (exact) mass is 235 g/mol. The highest BCUT2D eigenvalue weighted by Crippen LogP contribution is 2.33. The van der Waals surface area contributed by atoms with Crippen LogP contribution >= 0.6 is 0 Å². The van der Waals surface area contributed by atoms with Gasteiger partial charge in [-0.25, -0.2) is 0 Å². The molecular formula is C15H25NO. The molecule has 0 saturated carbocycles. The standard InChI is InChI=1S/C15H25NO/c1-5-15(6-2,11-16)10-13-9-12(3)7-8-14(13)17-4/h7-9H,5-6,10-11,16H2,1-4H3. The molecule has 0 amide bonds. The summed E-state index contributed by atoms with van der Waals surface area (Å²) in [6, 6.07) is 6.36. The Hall–Kier alpha value is -1.02. The van der Waals surface area contributed by atoms with Crippen molar-refractivity contribution >= 4 is 0 Å². The highest BCUT2D eigenvalue weighted by molar-refractivity contribution is 5.37. The van der Waals surface area contributed by atoms with Gasteiger partial charge in [0.2, 0.25) is 0 Å². The number of aryl methyl sites for hydroxylation is 1. The van der Waals surface area contributed by atoms with Gasteiger partial charge in [0.05, 0.1) is 7.11 Å². The maximum Gasteiger partial charge on any atom is 0.122 e. The molecule has 96 valence electrons. The van der Waals surface area contributed by atoms with Crippen molar-refractivity contribution in [3.63, 3.8) is 0 Å². The lowest BCUT2D eigenvalue weighted by molar-refractivity contribution is 0.267. The molecule has 0 spiro atoms. The first-order valence-electron chi connectivity index (χ1n) is 6.44. The van der Waals surface area contributed by atoms with E-state index in [1.807, 2.05) is 0 Å². The fraction of sp³-hybridized carbons (Fsp3) is 0.600. The van der Waals surface area contributed by atoms with Crippen molar-refractivity contribution < 1.29 is 4.74 Å². The molecule has 0 radical (unpaired) electrons. The van der Waals surface area contributed by atoms with Crippen molar-refractivity contribution in [3.8, 4) is 5.75 Å². The summed E-state index contributed by atoms with van der Waals surface area (Å²) in [7, 11) is 1.73. The Labute approximate surface area is 105 Å². The second kappa shape index (κ2) is 6.06. The van der Waals surface area contributed by atoms with Gasteiger partial charge in [0, 0.05) is 0 Å². The SMILES string of the molecule is CCC(CC)(CN)Cc1cc(C)ccc1OC. The minimum absolute atomic E-state index is 0.209. The molecule has 2 N–H and O–H groups in total. The van der Waals surface area contributed by atoms with Crippen LogP contribution in [0.15, 0.2) is 18.2 Å². The first-order valence-corrected chi connectivity index (χ1v) is 6.44. The van der Waals surface area contributed by atoms with Crippen molar-refractivity contribution in [2.24, 2.45) is 11.1 Å². The molecule has 0 bridgehead atoms. The summed E-state index contributed by atoms with van der Waals surface area (Å²) >= 11 is 0. The Balaban J connectivity index is 3.03. The minimum atomic E-state index is 0.209. The van der Waals surface area contributed by atoms with E-state index in [-0.39, 0.29) is 5.41 Å². The van der Waals surface area contributed by atoms with E-state index >= 15 is 0 Å². The van der Waals surface area contributed by atoms with Gasteiger partial charge in [-0.15, -0.1) is 0 Å². The lowest BCUT2D eigenvalue weighted by Gasteiger charge is -2.31. The highest BCUT2D eigenvalue weighted by Gasteiger charge is 2.26. The molecule has 1 rings (SSSR count). The predicted molar refractivity (Wildman–Crippen MR) is 73.5 cm³/mol. The molecule has 0 heterocycles. The second-order valence-corrected chi connectivity index (χ2v) is 4.90. The van der Waals surface area contributed by atoms with Crippen LogP contribution in [0.1, 0.15) is 37.8 Å². The van der Waals surface area contributed by atoms with Crippen LogP contribution in [0.3, 0.4) is 0 Å². The van der Waals surface area contributed by atoms with E-state index in [2.05, 4.69) is 39.0 Å². The summed E-state index contributed by atoms with van der Waals surface area (Å²) in [4.78, 5) is 0. The quantitative estimate of drug-likeness (QED) is 0.821. The summed E-state index contributed by atoms with van der Waals surface area (Å²) in [5, 5.41) is 0. The van der Waals surface area contributed by atoms with E-state index in [9.17, 15) is 0 Å². The van der Waals surface area contributed by atoms with Gasteiger partial charge in [-0.3, -0.25) is 0 Å². The van der Waals surface area contributed by atoms with Crippen LogP contribution in [0, 0.1) is 12.3 Å². The summed E-state index contributed by atoms with van der Waals surface area (Å²) < 4.78 is 5.44. The third-order valence-electron chi connectivity index (χ3n) is 3.93. The Kier molecular flexibility index (Phi) is 5.01. The maximum absolute atomic E-state index is 5.97. The number of hydrogen-bond acceptors (Lipinski definition) is 2. The van der Waals surface area contributed by atoms with Gasteiger partial charge in [-0.2, -0.15) is 0 Å². The zero-order chi connectivity index (χ0) is 12.9. The van der Waals surface area contributed by atoms with Gasteiger partial charge in [0.15, 0.2) is 0 Å². The van der Waals surface area contributed by atoms with Crippen LogP contribution < -0.4 is 10.5 Å². The second-order valence-electron chi connectivity index (χ2n) is 4.90. The molecule has 2 heteroatoms. The van der Waals surface area contributed by atoms with Crippen LogP contribution in [0.25, 0.3) is 0 Å². The predicted octanol–water partition coefficient (Wildman–Crippen LogP) is 3.31. The van der Waals surface area contributed by atoms with Crippen molar-refractivity contribution in [1.82, 2.24) is 0 Å². The van der Waals surface area contributed by atoms with Crippen LogP contribution in [-0.4, -0.2) is 13.7 Å². The minimum Gasteiger partial charge on any atom is -0.496 e. The number of ether oxygens (including phenoxy) is 1. The molecule has 0 atom stereocenters. The Bertz CT molecular complexity index is 348. The Morgan fingerprint density at radius 3 is 2.35 bits per heavy atom. The summed E-state index contributed by atoms with van der Waals surface area (Å²) in [5.41, 5.74) is 8.73. The molecule has 17 heavy (non-hydrogen) atoms. The number of methoxy groups -OCH3 is 1. The zero-order valence-corrected chi connectivity index (χ0v) is 11.5. The molecule has 2 nitrogen and oxygen atoms in total. The molecule has 0 saturated heterocycles. The lowest BCUT2D eigenvalue weighted by atomic mass is 9.77. The topological polar surface area (TPSA) is 35.2 Å². The highest BCUT2D eigenvalue weighted by atomic mass is 16.5. The largest absolute Gasteiger partial charge is 0.496 e. The molecule has 1 aromatic carbocycles. The summed E-state index contributed by atoms with van der Waals surface area (Å²) in [6.45, 7) is 7.29. The number of hydrogen-bond donors (Lipinski definition) is 1. The number of nitrogens with two attached hydrogens (primary N) is 1. The number of benzene rings is 1. The normalized spacial score (nSPS) is 11.6. The third kappa shape index (κ3) is 3.22. The van der Waals surface area contributed by atoms with E-state index in [0.717, 1.165) is 31.6 Å². The third-order valence-corrected chi connectivity index (χ3v) is 3.93. The van der Waals surface area contributed by atoms with Crippen molar-refractivity contribution in [1.29, 1.82) is 0 Å². The molecular weight excluding hydrogens is 210 g/mol. The first kappa shape index (κ1) is 14.0. The van der Waals surface area contributed by atoms with Crippen LogP contribution in [0.2, 0.25) is 0 Å². The average Bonchev–Trinajstić information content (AvgIpc) is 2.36. The summed E-state index contributed by atoms with van der Waals surface area (Å²) in [5.74, 6) is 0.982. The van der Waals surface area contributed by atoms with E-state index in [4.69, 9.17) is 10.5 Å². The van der Waals surface area contributed by atoms with Gasteiger partial charge in [0.25, 0.3) is 0 Å². The maximum atomic E-state index is 5.97. The van der Waals surface area contributed by atoms with Crippen LogP contribution in [-0.2, 0) is 6.42 Å². The smallest absolute Gasteiger partial charge is 0.122 e. The zero-order valence-electron chi connectivity index (χ0n) is 11.5. The summed E-state index contributed by atoms with van der Waals surface area (Å²) in [6.07, 6.45) is 3.22. The molecule has 0 unspecified atom stereocenters. The van der Waals surface area contributed by atoms with Crippen LogP contribution in [0.5, 0.6) is 5.75 Å². The van der Waals surface area contributed by atoms with Gasteiger partial charge < -0.3 is 10.5 Å².